The predicted octanol–water partition coefficient (Wildman–Crippen LogP) is 4.68. The number of carbonyl (C=O) groups excluding carboxylic acids is 1. The van der Waals surface area contributed by atoms with E-state index >= 15 is 0 Å². The van der Waals surface area contributed by atoms with Crippen molar-refractivity contribution in [2.45, 2.75) is 6.61 Å². The van der Waals surface area contributed by atoms with E-state index in [9.17, 15) is 4.79 Å². The quantitative estimate of drug-likeness (QED) is 0.485. The fourth-order valence-electron chi connectivity index (χ4n) is 1.97. The Balaban J connectivity index is 2.28. The van der Waals surface area contributed by atoms with Crippen LogP contribution in [0.5, 0.6) is 11.5 Å². The Kier molecular flexibility index (Phi) is 6.77. The van der Waals surface area contributed by atoms with Crippen LogP contribution in [0.15, 0.2) is 36.4 Å². The lowest BCUT2D eigenvalue weighted by atomic mass is 10.2. The highest BCUT2D eigenvalue weighted by molar-refractivity contribution is 14.1. The van der Waals surface area contributed by atoms with Crippen molar-refractivity contribution in [1.82, 2.24) is 0 Å². The molecule has 0 spiro atoms. The third kappa shape index (κ3) is 4.78. The molecule has 0 heterocycles. The van der Waals surface area contributed by atoms with E-state index in [2.05, 4.69) is 22.6 Å². The Morgan fingerprint density at radius 2 is 1.96 bits per heavy atom. The number of ether oxygens (including phenoxy) is 2. The van der Waals surface area contributed by atoms with Crippen LogP contribution in [0.25, 0.3) is 6.08 Å². The van der Waals surface area contributed by atoms with Crippen molar-refractivity contribution in [3.05, 3.63) is 61.2 Å². The third-order valence-corrected chi connectivity index (χ3v) is 4.62. The molecule has 1 amide bonds. The standard InChI is InChI=1S/C17H14Cl2INO3/c1-23-15-8-10(5-6-16(21)22)7-14(20)17(15)24-9-11-12(18)3-2-4-13(11)19/h2-8H,9H2,1H3,(H2,21,22)/b6-5+. The highest BCUT2D eigenvalue weighted by atomic mass is 127. The molecule has 7 heteroatoms. The molecule has 2 aromatic carbocycles. The van der Waals surface area contributed by atoms with Gasteiger partial charge >= 0.3 is 0 Å². The van der Waals surface area contributed by atoms with Crippen molar-refractivity contribution >= 4 is 57.8 Å². The highest BCUT2D eigenvalue weighted by Gasteiger charge is 2.13. The zero-order chi connectivity index (χ0) is 17.7. The van der Waals surface area contributed by atoms with E-state index in [0.717, 1.165) is 9.13 Å². The Morgan fingerprint density at radius 1 is 1.29 bits per heavy atom. The van der Waals surface area contributed by atoms with E-state index in [-0.39, 0.29) is 6.61 Å². The first-order valence-corrected chi connectivity index (χ1v) is 8.66. The van der Waals surface area contributed by atoms with Gasteiger partial charge in [0.2, 0.25) is 5.91 Å². The zero-order valence-electron chi connectivity index (χ0n) is 12.7. The van der Waals surface area contributed by atoms with Crippen molar-refractivity contribution in [2.24, 2.45) is 5.73 Å². The van der Waals surface area contributed by atoms with Crippen LogP contribution in [-0.2, 0) is 11.4 Å². The van der Waals surface area contributed by atoms with Crippen molar-refractivity contribution in [1.29, 1.82) is 0 Å². The molecule has 0 aliphatic rings. The van der Waals surface area contributed by atoms with Gasteiger partial charge in [0.05, 0.1) is 10.7 Å². The topological polar surface area (TPSA) is 61.5 Å². The first-order chi connectivity index (χ1) is 11.4. The van der Waals surface area contributed by atoms with Crippen LogP contribution < -0.4 is 15.2 Å². The van der Waals surface area contributed by atoms with Gasteiger partial charge in [-0.25, -0.2) is 0 Å². The van der Waals surface area contributed by atoms with Gasteiger partial charge in [-0.3, -0.25) is 4.79 Å². The number of hydrogen-bond donors (Lipinski definition) is 1. The van der Waals surface area contributed by atoms with Crippen LogP contribution in [0.3, 0.4) is 0 Å². The smallest absolute Gasteiger partial charge is 0.241 e. The summed E-state index contributed by atoms with van der Waals surface area (Å²) >= 11 is 14.4. The maximum absolute atomic E-state index is 10.9. The number of amides is 1. The summed E-state index contributed by atoms with van der Waals surface area (Å²) in [6.45, 7) is 0.210. The molecule has 2 aromatic rings. The largest absolute Gasteiger partial charge is 0.493 e. The molecule has 0 saturated carbocycles. The molecular weight excluding hydrogens is 464 g/mol. The van der Waals surface area contributed by atoms with Gasteiger partial charge in [0.15, 0.2) is 11.5 Å². The summed E-state index contributed by atoms with van der Waals surface area (Å²) in [6, 6.07) is 8.90. The molecule has 126 valence electrons. The molecule has 0 atom stereocenters. The van der Waals surface area contributed by atoms with Gasteiger partial charge in [-0.1, -0.05) is 29.3 Å². The van der Waals surface area contributed by atoms with Crippen molar-refractivity contribution < 1.29 is 14.3 Å². The summed E-state index contributed by atoms with van der Waals surface area (Å²) in [7, 11) is 1.54. The molecule has 4 nitrogen and oxygen atoms in total. The summed E-state index contributed by atoms with van der Waals surface area (Å²) in [4.78, 5) is 10.9. The fourth-order valence-corrected chi connectivity index (χ4v) is 3.26. The number of hydrogen-bond acceptors (Lipinski definition) is 3. The lowest BCUT2D eigenvalue weighted by Gasteiger charge is -2.15. The van der Waals surface area contributed by atoms with E-state index in [4.69, 9.17) is 38.4 Å². The zero-order valence-corrected chi connectivity index (χ0v) is 16.4. The molecule has 0 aliphatic carbocycles. The Labute approximate surface area is 163 Å². The Hall–Kier alpha value is -1.44. The average Bonchev–Trinajstić information content (AvgIpc) is 2.53. The lowest BCUT2D eigenvalue weighted by molar-refractivity contribution is -0.113. The van der Waals surface area contributed by atoms with Gasteiger partial charge < -0.3 is 15.2 Å². The molecule has 0 aromatic heterocycles. The molecule has 0 unspecified atom stereocenters. The van der Waals surface area contributed by atoms with Gasteiger partial charge in [0.1, 0.15) is 6.61 Å². The lowest BCUT2D eigenvalue weighted by Crippen LogP contribution is -2.05. The summed E-state index contributed by atoms with van der Waals surface area (Å²) in [5, 5.41) is 1.08. The minimum Gasteiger partial charge on any atom is -0.493 e. The van der Waals surface area contributed by atoms with E-state index in [1.165, 1.54) is 6.08 Å². The minimum atomic E-state index is -0.516. The molecule has 2 rings (SSSR count). The van der Waals surface area contributed by atoms with Gasteiger partial charge in [-0.15, -0.1) is 0 Å². The molecular formula is C17H14Cl2INO3. The molecule has 0 radical (unpaired) electrons. The number of nitrogens with two attached hydrogens (primary N) is 1. The first-order valence-electron chi connectivity index (χ1n) is 6.83. The molecule has 0 bridgehead atoms. The minimum absolute atomic E-state index is 0.210. The van der Waals surface area contributed by atoms with Gasteiger partial charge in [0.25, 0.3) is 0 Å². The molecule has 24 heavy (non-hydrogen) atoms. The number of carbonyl (C=O) groups is 1. The van der Waals surface area contributed by atoms with Crippen molar-refractivity contribution in [3.63, 3.8) is 0 Å². The second kappa shape index (κ2) is 8.60. The van der Waals surface area contributed by atoms with Gasteiger partial charge in [-0.2, -0.15) is 0 Å². The Morgan fingerprint density at radius 3 is 2.54 bits per heavy atom. The summed E-state index contributed by atoms with van der Waals surface area (Å²) in [5.74, 6) is 0.595. The van der Waals surface area contributed by atoms with Crippen molar-refractivity contribution in [3.8, 4) is 11.5 Å². The van der Waals surface area contributed by atoms with Crippen LogP contribution in [0.4, 0.5) is 0 Å². The number of benzene rings is 2. The van der Waals surface area contributed by atoms with Gasteiger partial charge in [-0.05, 0) is 58.5 Å². The van der Waals surface area contributed by atoms with Crippen LogP contribution >= 0.6 is 45.8 Å². The second-order valence-electron chi connectivity index (χ2n) is 4.76. The molecule has 0 saturated heterocycles. The van der Waals surface area contributed by atoms with Crippen molar-refractivity contribution in [2.75, 3.05) is 7.11 Å². The summed E-state index contributed by atoms with van der Waals surface area (Å²) in [5.41, 5.74) is 6.59. The number of methoxy groups -OCH3 is 1. The maximum Gasteiger partial charge on any atom is 0.241 e. The van der Waals surface area contributed by atoms with E-state index in [1.54, 1.807) is 37.5 Å². The molecule has 0 aliphatic heterocycles. The maximum atomic E-state index is 10.9. The van der Waals surface area contributed by atoms with E-state index in [0.29, 0.717) is 27.1 Å². The number of primary amides is 1. The Bertz CT molecular complexity index is 773. The average molecular weight is 478 g/mol. The monoisotopic (exact) mass is 477 g/mol. The number of rotatable bonds is 6. The first kappa shape index (κ1) is 18.9. The predicted molar refractivity (Wildman–Crippen MR) is 105 cm³/mol. The van der Waals surface area contributed by atoms with E-state index in [1.807, 2.05) is 6.07 Å². The highest BCUT2D eigenvalue weighted by Crippen LogP contribution is 2.36. The van der Waals surface area contributed by atoms with Gasteiger partial charge in [0, 0.05) is 21.7 Å². The van der Waals surface area contributed by atoms with Crippen LogP contribution in [-0.4, -0.2) is 13.0 Å². The number of halogens is 3. The molecule has 0 fully saturated rings. The van der Waals surface area contributed by atoms with Crippen LogP contribution in [0, 0.1) is 3.57 Å². The normalized spacial score (nSPS) is 10.8. The second-order valence-corrected chi connectivity index (χ2v) is 6.74. The summed E-state index contributed by atoms with van der Waals surface area (Å²) < 4.78 is 12.1. The third-order valence-electron chi connectivity index (χ3n) is 3.11. The van der Waals surface area contributed by atoms with Crippen LogP contribution in [0.2, 0.25) is 10.0 Å². The van der Waals surface area contributed by atoms with E-state index < -0.39 is 5.91 Å². The fraction of sp³-hybridized carbons (Fsp3) is 0.118. The summed E-state index contributed by atoms with van der Waals surface area (Å²) in [6.07, 6.45) is 2.90. The van der Waals surface area contributed by atoms with Crippen LogP contribution in [0.1, 0.15) is 11.1 Å². The molecule has 2 N–H and O–H groups in total. The SMILES string of the molecule is COc1cc(/C=C/C(N)=O)cc(I)c1OCc1c(Cl)cccc1Cl.